The number of nitrogens with one attached hydrogen (secondary N) is 2. The van der Waals surface area contributed by atoms with Crippen LogP contribution in [0.3, 0.4) is 0 Å². The van der Waals surface area contributed by atoms with Gasteiger partial charge in [0, 0.05) is 18.1 Å². The summed E-state index contributed by atoms with van der Waals surface area (Å²) in [5.74, 6) is -0.955. The number of aromatic amines is 1. The first kappa shape index (κ1) is 17.6. The molecule has 1 aromatic carbocycles. The summed E-state index contributed by atoms with van der Waals surface area (Å²) in [6.07, 6.45) is 0. The second-order valence-corrected chi connectivity index (χ2v) is 7.75. The normalized spacial score (nSPS) is 14.3. The molecule has 2 amide bonds. The van der Waals surface area contributed by atoms with E-state index in [1.165, 1.54) is 18.2 Å². The van der Waals surface area contributed by atoms with E-state index in [1.807, 2.05) is 0 Å². The maximum Gasteiger partial charge on any atom is 0.261 e. The van der Waals surface area contributed by atoms with Gasteiger partial charge in [0.1, 0.15) is 4.90 Å². The van der Waals surface area contributed by atoms with E-state index in [9.17, 15) is 18.0 Å². The van der Waals surface area contributed by atoms with Gasteiger partial charge < -0.3 is 0 Å². The number of sulfonamides is 1. The summed E-state index contributed by atoms with van der Waals surface area (Å²) in [6.45, 7) is 2.99. The fourth-order valence-electron chi connectivity index (χ4n) is 2.77. The lowest BCUT2D eigenvalue weighted by Gasteiger charge is -2.14. The van der Waals surface area contributed by atoms with E-state index in [4.69, 9.17) is 11.6 Å². The van der Waals surface area contributed by atoms with Crippen molar-refractivity contribution in [1.29, 1.82) is 0 Å². The Morgan fingerprint density at radius 2 is 1.88 bits per heavy atom. The SMILES string of the molecule is Cc1n[nH]c(C)c1S(=O)(=O)NCCN1C(=O)c2ccc(Cl)cc2C1=O. The highest BCUT2D eigenvalue weighted by Crippen LogP contribution is 2.25. The van der Waals surface area contributed by atoms with E-state index in [0.717, 1.165) is 4.90 Å². The van der Waals surface area contributed by atoms with Crippen LogP contribution >= 0.6 is 11.6 Å². The molecule has 3 rings (SSSR count). The lowest BCUT2D eigenvalue weighted by Crippen LogP contribution is -2.38. The van der Waals surface area contributed by atoms with E-state index >= 15 is 0 Å². The summed E-state index contributed by atoms with van der Waals surface area (Å²) in [5.41, 5.74) is 1.25. The lowest BCUT2D eigenvalue weighted by molar-refractivity contribution is 0.0657. The van der Waals surface area contributed by atoms with Crippen molar-refractivity contribution in [3.05, 3.63) is 45.7 Å². The topological polar surface area (TPSA) is 112 Å². The molecule has 2 N–H and O–H groups in total. The number of hydrogen-bond donors (Lipinski definition) is 2. The van der Waals surface area contributed by atoms with Gasteiger partial charge in [0.2, 0.25) is 10.0 Å². The Labute approximate surface area is 149 Å². The number of carbonyl (C=O) groups excluding carboxylic acids is 2. The smallest absolute Gasteiger partial charge is 0.261 e. The van der Waals surface area contributed by atoms with E-state index in [1.54, 1.807) is 13.8 Å². The molecule has 0 saturated carbocycles. The molecule has 2 aromatic rings. The molecule has 0 radical (unpaired) electrons. The number of rotatable bonds is 5. The Morgan fingerprint density at radius 1 is 1.20 bits per heavy atom. The van der Waals surface area contributed by atoms with Crippen molar-refractivity contribution in [3.63, 3.8) is 0 Å². The van der Waals surface area contributed by atoms with Gasteiger partial charge in [-0.1, -0.05) is 11.6 Å². The Kier molecular flexibility index (Phi) is 4.40. The monoisotopic (exact) mass is 382 g/mol. The van der Waals surface area contributed by atoms with Crippen molar-refractivity contribution < 1.29 is 18.0 Å². The molecule has 1 aliphatic heterocycles. The molecule has 0 atom stereocenters. The molecule has 0 aliphatic carbocycles. The number of carbonyl (C=O) groups is 2. The first-order valence-electron chi connectivity index (χ1n) is 7.39. The average molecular weight is 383 g/mol. The Morgan fingerprint density at radius 3 is 2.52 bits per heavy atom. The zero-order valence-electron chi connectivity index (χ0n) is 13.5. The minimum absolute atomic E-state index is 0.0710. The van der Waals surface area contributed by atoms with Crippen LogP contribution in [0.15, 0.2) is 23.1 Å². The van der Waals surface area contributed by atoms with Gasteiger partial charge in [0.25, 0.3) is 11.8 Å². The molecule has 1 aromatic heterocycles. The first-order chi connectivity index (χ1) is 11.7. The second-order valence-electron chi connectivity index (χ2n) is 5.61. The molecule has 0 bridgehead atoms. The van der Waals surface area contributed by atoms with E-state index in [0.29, 0.717) is 16.4 Å². The molecule has 8 nitrogen and oxygen atoms in total. The van der Waals surface area contributed by atoms with Gasteiger partial charge in [-0.05, 0) is 32.0 Å². The molecule has 0 spiro atoms. The third-order valence-electron chi connectivity index (χ3n) is 3.89. The molecule has 10 heteroatoms. The van der Waals surface area contributed by atoms with Crippen molar-refractivity contribution in [2.75, 3.05) is 13.1 Å². The van der Waals surface area contributed by atoms with Crippen LogP contribution in [0, 0.1) is 13.8 Å². The Balaban J connectivity index is 1.71. The van der Waals surface area contributed by atoms with Crippen LogP contribution in [-0.2, 0) is 10.0 Å². The standard InChI is InChI=1S/C15H15ClN4O4S/c1-8-13(9(2)19-18-8)25(23,24)17-5-6-20-14(21)11-4-3-10(16)7-12(11)15(20)22/h3-4,7,17H,5-6H2,1-2H3,(H,18,19). The van der Waals surface area contributed by atoms with Crippen LogP contribution in [-0.4, -0.2) is 48.4 Å². The number of nitrogens with zero attached hydrogens (tertiary/aromatic N) is 2. The van der Waals surface area contributed by atoms with Crippen molar-refractivity contribution >= 4 is 33.4 Å². The van der Waals surface area contributed by atoms with Crippen molar-refractivity contribution in [2.24, 2.45) is 0 Å². The molecule has 25 heavy (non-hydrogen) atoms. The zero-order chi connectivity index (χ0) is 18.4. The average Bonchev–Trinajstić information content (AvgIpc) is 2.99. The van der Waals surface area contributed by atoms with Crippen LogP contribution in [0.1, 0.15) is 32.1 Å². The maximum absolute atomic E-state index is 12.4. The van der Waals surface area contributed by atoms with Crippen molar-refractivity contribution in [1.82, 2.24) is 19.8 Å². The van der Waals surface area contributed by atoms with E-state index in [-0.39, 0.29) is 29.1 Å². The van der Waals surface area contributed by atoms with Crippen molar-refractivity contribution in [3.8, 4) is 0 Å². The minimum atomic E-state index is -3.79. The molecular weight excluding hydrogens is 368 g/mol. The van der Waals surface area contributed by atoms with Crippen LogP contribution in [0.4, 0.5) is 0 Å². The number of H-pyrrole nitrogens is 1. The van der Waals surface area contributed by atoms with Crippen LogP contribution < -0.4 is 4.72 Å². The number of benzene rings is 1. The van der Waals surface area contributed by atoms with Gasteiger partial charge in [-0.2, -0.15) is 5.10 Å². The van der Waals surface area contributed by atoms with Gasteiger partial charge in [0.05, 0.1) is 22.5 Å². The zero-order valence-corrected chi connectivity index (χ0v) is 15.0. The third kappa shape index (κ3) is 3.06. The molecular formula is C15H15ClN4O4S. The molecule has 1 aliphatic rings. The minimum Gasteiger partial charge on any atom is -0.281 e. The van der Waals surface area contributed by atoms with E-state index < -0.39 is 21.8 Å². The number of aromatic nitrogens is 2. The fourth-order valence-corrected chi connectivity index (χ4v) is 4.33. The molecule has 0 fully saturated rings. The second kappa shape index (κ2) is 6.25. The lowest BCUT2D eigenvalue weighted by atomic mass is 10.1. The summed E-state index contributed by atoms with van der Waals surface area (Å²) < 4.78 is 27.1. The first-order valence-corrected chi connectivity index (χ1v) is 9.25. The summed E-state index contributed by atoms with van der Waals surface area (Å²) in [5, 5.41) is 6.81. The highest BCUT2D eigenvalue weighted by Gasteiger charge is 2.35. The summed E-state index contributed by atoms with van der Waals surface area (Å²) in [7, 11) is -3.79. The Bertz CT molecular complexity index is 964. The summed E-state index contributed by atoms with van der Waals surface area (Å²) in [6, 6.07) is 4.45. The van der Waals surface area contributed by atoms with Crippen LogP contribution in [0.5, 0.6) is 0 Å². The molecule has 0 unspecified atom stereocenters. The number of hydrogen-bond acceptors (Lipinski definition) is 5. The number of aryl methyl sites for hydroxylation is 2. The highest BCUT2D eigenvalue weighted by atomic mass is 35.5. The van der Waals surface area contributed by atoms with Crippen molar-refractivity contribution in [2.45, 2.75) is 18.7 Å². The molecule has 2 heterocycles. The number of imide groups is 1. The third-order valence-corrected chi connectivity index (χ3v) is 5.85. The summed E-state index contributed by atoms with van der Waals surface area (Å²) in [4.78, 5) is 25.7. The van der Waals surface area contributed by atoms with Gasteiger partial charge in [0.15, 0.2) is 0 Å². The maximum atomic E-state index is 12.4. The Hall–Kier alpha value is -2.23. The van der Waals surface area contributed by atoms with E-state index in [2.05, 4.69) is 14.9 Å². The van der Waals surface area contributed by atoms with Gasteiger partial charge in [-0.25, -0.2) is 13.1 Å². The number of halogens is 1. The summed E-state index contributed by atoms with van der Waals surface area (Å²) >= 11 is 5.85. The van der Waals surface area contributed by atoms with Gasteiger partial charge in [-0.15, -0.1) is 0 Å². The number of amides is 2. The molecule has 132 valence electrons. The van der Waals surface area contributed by atoms with Gasteiger partial charge >= 0.3 is 0 Å². The van der Waals surface area contributed by atoms with Crippen LogP contribution in [0.25, 0.3) is 0 Å². The number of fused-ring (bicyclic) bond motifs is 1. The largest absolute Gasteiger partial charge is 0.281 e. The fraction of sp³-hybridized carbons (Fsp3) is 0.267. The van der Waals surface area contributed by atoms with Gasteiger partial charge in [-0.3, -0.25) is 19.6 Å². The quantitative estimate of drug-likeness (QED) is 0.756. The predicted molar refractivity (Wildman–Crippen MR) is 90.1 cm³/mol. The predicted octanol–water partition coefficient (Wildman–Crippen LogP) is 1.25. The van der Waals surface area contributed by atoms with Crippen LogP contribution in [0.2, 0.25) is 5.02 Å². The highest BCUT2D eigenvalue weighted by molar-refractivity contribution is 7.89. The molecule has 0 saturated heterocycles.